The van der Waals surface area contributed by atoms with E-state index in [2.05, 4.69) is 19.9 Å². The Bertz CT molecular complexity index is 377. The normalized spacial score (nSPS) is 33.1. The van der Waals surface area contributed by atoms with E-state index < -0.39 is 0 Å². The molecule has 0 aromatic rings. The van der Waals surface area contributed by atoms with E-state index in [4.69, 9.17) is 0 Å². The van der Waals surface area contributed by atoms with Crippen LogP contribution in [0.4, 0.5) is 0 Å². The lowest BCUT2D eigenvalue weighted by molar-refractivity contribution is 0.115. The first-order chi connectivity index (χ1) is 12.2. The fraction of sp³-hybridized carbons (Fsp3) is 0.958. The number of nitrogens with zero attached hydrogens (tertiary/aromatic N) is 1. The Kier molecular flexibility index (Phi) is 9.36. The van der Waals surface area contributed by atoms with Crippen molar-refractivity contribution in [2.45, 2.75) is 123 Å². The molecule has 0 amide bonds. The topological polar surface area (TPSA) is 23.8 Å². The number of hydrogen-bond acceptors (Lipinski definition) is 1. The first kappa shape index (κ1) is 20.8. The van der Waals surface area contributed by atoms with Gasteiger partial charge in [0.15, 0.2) is 0 Å². The van der Waals surface area contributed by atoms with Crippen molar-refractivity contribution in [3.05, 3.63) is 0 Å². The molecule has 0 radical (unpaired) electrons. The molecule has 2 aliphatic rings. The summed E-state index contributed by atoms with van der Waals surface area (Å²) < 4.78 is 0. The van der Waals surface area contributed by atoms with Crippen LogP contribution in [0.15, 0.2) is 0 Å². The Labute approximate surface area is 158 Å². The van der Waals surface area contributed by atoms with Gasteiger partial charge in [0.2, 0.25) is 0 Å². The fourth-order valence-corrected chi connectivity index (χ4v) is 5.58. The lowest BCUT2D eigenvalue weighted by atomic mass is 9.63. The molecule has 1 heteroatoms. The second-order valence-electron chi connectivity index (χ2n) is 9.32. The van der Waals surface area contributed by atoms with Gasteiger partial charge >= 0.3 is 0 Å². The molecule has 0 unspecified atom stereocenters. The van der Waals surface area contributed by atoms with Crippen molar-refractivity contribution in [3.63, 3.8) is 0 Å². The summed E-state index contributed by atoms with van der Waals surface area (Å²) in [5.74, 6) is 2.96. The lowest BCUT2D eigenvalue weighted by Gasteiger charge is -2.41. The smallest absolute Gasteiger partial charge is 0.0689 e. The zero-order chi connectivity index (χ0) is 18.0. The van der Waals surface area contributed by atoms with Gasteiger partial charge in [0.25, 0.3) is 0 Å². The Hall–Kier alpha value is -0.510. The van der Waals surface area contributed by atoms with Gasteiger partial charge in [-0.05, 0) is 62.7 Å². The maximum absolute atomic E-state index is 9.69. The van der Waals surface area contributed by atoms with Gasteiger partial charge in [-0.15, -0.1) is 0 Å². The quantitative estimate of drug-likeness (QED) is 0.367. The molecule has 0 N–H and O–H groups in total. The third kappa shape index (κ3) is 6.62. The van der Waals surface area contributed by atoms with Gasteiger partial charge in [-0.3, -0.25) is 0 Å². The molecule has 2 rings (SSSR count). The molecule has 0 aliphatic heterocycles. The van der Waals surface area contributed by atoms with Crippen LogP contribution in [0.1, 0.15) is 123 Å². The minimum Gasteiger partial charge on any atom is -0.198 e. The van der Waals surface area contributed by atoms with Gasteiger partial charge in [-0.25, -0.2) is 0 Å². The molecule has 0 aromatic carbocycles. The Morgan fingerprint density at radius 2 is 1.36 bits per heavy atom. The maximum atomic E-state index is 9.69. The van der Waals surface area contributed by atoms with Crippen molar-refractivity contribution in [1.82, 2.24) is 0 Å². The molecular formula is C24H43N. The molecule has 2 aliphatic carbocycles. The summed E-state index contributed by atoms with van der Waals surface area (Å²) in [5.41, 5.74) is 0.0439. The SMILES string of the molecule is CCCCCCCC1CCC([C@H]2CC[C@](C#N)(CCCC)CC2)CC1. The molecule has 0 atom stereocenters. The highest BCUT2D eigenvalue weighted by molar-refractivity contribution is 5.02. The van der Waals surface area contributed by atoms with Crippen LogP contribution in [0.25, 0.3) is 0 Å². The molecule has 0 heterocycles. The number of unbranched alkanes of at least 4 members (excludes halogenated alkanes) is 5. The summed E-state index contributed by atoms with van der Waals surface area (Å²) in [4.78, 5) is 0. The average molecular weight is 346 g/mol. The summed E-state index contributed by atoms with van der Waals surface area (Å²) in [6, 6.07) is 2.72. The minimum absolute atomic E-state index is 0.0439. The summed E-state index contributed by atoms with van der Waals surface area (Å²) in [6.45, 7) is 4.55. The first-order valence-electron chi connectivity index (χ1n) is 11.6. The van der Waals surface area contributed by atoms with Gasteiger partial charge in [0.05, 0.1) is 11.5 Å². The largest absolute Gasteiger partial charge is 0.198 e. The minimum atomic E-state index is 0.0439. The second kappa shape index (κ2) is 11.3. The molecule has 0 aromatic heterocycles. The van der Waals surface area contributed by atoms with E-state index in [-0.39, 0.29) is 5.41 Å². The Balaban J connectivity index is 1.64. The number of rotatable bonds is 10. The molecule has 0 spiro atoms. The number of hydrogen-bond donors (Lipinski definition) is 0. The Morgan fingerprint density at radius 3 is 1.96 bits per heavy atom. The summed E-state index contributed by atoms with van der Waals surface area (Å²) in [5, 5.41) is 9.69. The molecule has 1 nitrogen and oxygen atoms in total. The Morgan fingerprint density at radius 1 is 0.760 bits per heavy atom. The van der Waals surface area contributed by atoms with Crippen LogP contribution in [-0.4, -0.2) is 0 Å². The third-order valence-corrected chi connectivity index (χ3v) is 7.51. The lowest BCUT2D eigenvalue weighted by Crippen LogP contribution is -2.31. The predicted octanol–water partition coefficient (Wildman–Crippen LogP) is 8.04. The van der Waals surface area contributed by atoms with E-state index in [9.17, 15) is 5.26 Å². The molecule has 0 saturated heterocycles. The highest BCUT2D eigenvalue weighted by atomic mass is 14.4. The molecule has 0 bridgehead atoms. The highest BCUT2D eigenvalue weighted by Crippen LogP contribution is 2.47. The van der Waals surface area contributed by atoms with Gasteiger partial charge in [-0.2, -0.15) is 5.26 Å². The zero-order valence-corrected chi connectivity index (χ0v) is 17.2. The van der Waals surface area contributed by atoms with Crippen molar-refractivity contribution in [2.24, 2.45) is 23.2 Å². The van der Waals surface area contributed by atoms with Gasteiger partial charge in [0, 0.05) is 0 Å². The summed E-state index contributed by atoms with van der Waals surface area (Å²) in [7, 11) is 0. The van der Waals surface area contributed by atoms with E-state index in [1.807, 2.05) is 0 Å². The van der Waals surface area contributed by atoms with Crippen LogP contribution in [0.5, 0.6) is 0 Å². The summed E-state index contributed by atoms with van der Waals surface area (Å²) >= 11 is 0. The van der Waals surface area contributed by atoms with E-state index in [0.29, 0.717) is 0 Å². The molecule has 2 fully saturated rings. The second-order valence-corrected chi connectivity index (χ2v) is 9.32. The maximum Gasteiger partial charge on any atom is 0.0689 e. The van der Waals surface area contributed by atoms with Gasteiger partial charge in [0.1, 0.15) is 0 Å². The van der Waals surface area contributed by atoms with E-state index in [1.165, 1.54) is 103 Å². The van der Waals surface area contributed by atoms with Crippen LogP contribution in [0.2, 0.25) is 0 Å². The van der Waals surface area contributed by atoms with Gasteiger partial charge < -0.3 is 0 Å². The predicted molar refractivity (Wildman–Crippen MR) is 108 cm³/mol. The molecule has 2 saturated carbocycles. The van der Waals surface area contributed by atoms with E-state index in [0.717, 1.165) is 24.2 Å². The van der Waals surface area contributed by atoms with E-state index >= 15 is 0 Å². The standard InChI is InChI=1S/C24H43N/c1-3-5-7-8-9-10-21-11-13-22(14-12-21)23-15-18-24(20-25,19-16-23)17-6-4-2/h21-23H,3-19H2,1-2H3/t21?,22?,23-,24+. The monoisotopic (exact) mass is 345 g/mol. The van der Waals surface area contributed by atoms with E-state index in [1.54, 1.807) is 0 Å². The fourth-order valence-electron chi connectivity index (χ4n) is 5.58. The van der Waals surface area contributed by atoms with Crippen LogP contribution in [0.3, 0.4) is 0 Å². The van der Waals surface area contributed by atoms with Crippen molar-refractivity contribution < 1.29 is 0 Å². The average Bonchev–Trinajstić information content (AvgIpc) is 2.67. The van der Waals surface area contributed by atoms with Gasteiger partial charge in [-0.1, -0.05) is 78.1 Å². The van der Waals surface area contributed by atoms with Crippen molar-refractivity contribution in [2.75, 3.05) is 0 Å². The number of nitriles is 1. The van der Waals surface area contributed by atoms with Crippen molar-refractivity contribution in [3.8, 4) is 6.07 Å². The molecule has 144 valence electrons. The van der Waals surface area contributed by atoms with Crippen molar-refractivity contribution in [1.29, 1.82) is 5.26 Å². The molecular weight excluding hydrogens is 302 g/mol. The van der Waals surface area contributed by atoms with Crippen molar-refractivity contribution >= 4 is 0 Å². The first-order valence-corrected chi connectivity index (χ1v) is 11.6. The molecule has 25 heavy (non-hydrogen) atoms. The zero-order valence-electron chi connectivity index (χ0n) is 17.2. The van der Waals surface area contributed by atoms with Crippen LogP contribution in [0, 0.1) is 34.5 Å². The van der Waals surface area contributed by atoms with Crippen LogP contribution in [-0.2, 0) is 0 Å². The van der Waals surface area contributed by atoms with Crippen LogP contribution >= 0.6 is 0 Å². The third-order valence-electron chi connectivity index (χ3n) is 7.51. The highest BCUT2D eigenvalue weighted by Gasteiger charge is 2.38. The summed E-state index contributed by atoms with van der Waals surface area (Å²) in [6.07, 6.45) is 23.3. The van der Waals surface area contributed by atoms with Crippen LogP contribution < -0.4 is 0 Å².